The molecule has 0 fully saturated rings. The summed E-state index contributed by atoms with van der Waals surface area (Å²) in [6.45, 7) is 9.79. The predicted molar refractivity (Wildman–Crippen MR) is 70.0 cm³/mol. The topological polar surface area (TPSA) is 12.0 Å². The van der Waals surface area contributed by atoms with Gasteiger partial charge in [-0.25, -0.2) is 0 Å². The minimum atomic E-state index is 0.564. The Balaban J connectivity index is 2.55. The molecule has 0 spiro atoms. The molecule has 0 radical (unpaired) electrons. The first-order valence-corrected chi connectivity index (χ1v) is 6.28. The summed E-state index contributed by atoms with van der Waals surface area (Å²) >= 11 is 3.51. The molecular formula is C13H20BrN. The number of halogens is 1. The molecule has 15 heavy (non-hydrogen) atoms. The predicted octanol–water partition coefficient (Wildman–Crippen LogP) is 3.89. The lowest BCUT2D eigenvalue weighted by atomic mass is 10.1. The Hall–Kier alpha value is -0.340. The van der Waals surface area contributed by atoms with Crippen molar-refractivity contribution in [2.75, 3.05) is 0 Å². The van der Waals surface area contributed by atoms with Gasteiger partial charge in [0.2, 0.25) is 0 Å². The second kappa shape index (κ2) is 5.66. The van der Waals surface area contributed by atoms with E-state index in [9.17, 15) is 0 Å². The lowest BCUT2D eigenvalue weighted by Gasteiger charge is -2.17. The van der Waals surface area contributed by atoms with E-state index in [1.807, 2.05) is 0 Å². The number of hydrogen-bond acceptors (Lipinski definition) is 1. The Morgan fingerprint density at radius 3 is 2.47 bits per heavy atom. The summed E-state index contributed by atoms with van der Waals surface area (Å²) in [4.78, 5) is 0. The third-order valence-corrected chi connectivity index (χ3v) is 3.74. The van der Waals surface area contributed by atoms with Crippen molar-refractivity contribution in [3.63, 3.8) is 0 Å². The summed E-state index contributed by atoms with van der Waals surface area (Å²) in [5, 5.41) is 3.53. The Bertz CT molecular complexity index is 320. The van der Waals surface area contributed by atoms with Crippen molar-refractivity contribution in [2.24, 2.45) is 5.92 Å². The zero-order chi connectivity index (χ0) is 11.4. The number of nitrogens with one attached hydrogen (secondary N) is 1. The maximum Gasteiger partial charge on any atom is 0.0208 e. The van der Waals surface area contributed by atoms with Crippen LogP contribution in [0.15, 0.2) is 22.7 Å². The molecule has 0 aliphatic rings. The summed E-state index contributed by atoms with van der Waals surface area (Å²) < 4.78 is 1.18. The van der Waals surface area contributed by atoms with E-state index >= 15 is 0 Å². The van der Waals surface area contributed by atoms with Crippen molar-refractivity contribution in [2.45, 2.75) is 40.3 Å². The normalized spacial score (nSPS) is 13.2. The minimum absolute atomic E-state index is 0.564. The Labute approximate surface area is 101 Å². The fourth-order valence-corrected chi connectivity index (χ4v) is 1.58. The zero-order valence-corrected chi connectivity index (χ0v) is 11.6. The van der Waals surface area contributed by atoms with Crippen LogP contribution in [0.25, 0.3) is 0 Å². The van der Waals surface area contributed by atoms with Crippen LogP contribution in [0.4, 0.5) is 0 Å². The van der Waals surface area contributed by atoms with Crippen molar-refractivity contribution >= 4 is 15.9 Å². The highest BCUT2D eigenvalue weighted by molar-refractivity contribution is 9.10. The van der Waals surface area contributed by atoms with Crippen molar-refractivity contribution < 1.29 is 0 Å². The molecule has 1 aromatic carbocycles. The summed E-state index contributed by atoms with van der Waals surface area (Å²) in [6.07, 6.45) is 0. The van der Waals surface area contributed by atoms with E-state index in [1.54, 1.807) is 0 Å². The highest BCUT2D eigenvalue weighted by Crippen LogP contribution is 2.17. The van der Waals surface area contributed by atoms with Crippen LogP contribution in [0.1, 0.15) is 31.9 Å². The lowest BCUT2D eigenvalue weighted by molar-refractivity contribution is 0.426. The number of hydrogen-bond donors (Lipinski definition) is 1. The molecule has 0 aromatic heterocycles. The molecule has 0 bridgehead atoms. The summed E-state index contributed by atoms with van der Waals surface area (Å²) in [6, 6.07) is 7.07. The molecule has 1 rings (SSSR count). The van der Waals surface area contributed by atoms with Crippen molar-refractivity contribution in [1.29, 1.82) is 0 Å². The first-order chi connectivity index (χ1) is 7.00. The van der Waals surface area contributed by atoms with Crippen LogP contribution in [0, 0.1) is 12.8 Å². The van der Waals surface area contributed by atoms with Gasteiger partial charge in [0, 0.05) is 17.1 Å². The zero-order valence-electron chi connectivity index (χ0n) is 9.97. The monoisotopic (exact) mass is 269 g/mol. The molecule has 1 aromatic rings. The summed E-state index contributed by atoms with van der Waals surface area (Å²) in [7, 11) is 0. The molecule has 1 nitrogen and oxygen atoms in total. The van der Waals surface area contributed by atoms with Gasteiger partial charge < -0.3 is 5.32 Å². The highest BCUT2D eigenvalue weighted by atomic mass is 79.9. The van der Waals surface area contributed by atoms with Gasteiger partial charge in [-0.2, -0.15) is 0 Å². The van der Waals surface area contributed by atoms with E-state index in [1.165, 1.54) is 15.6 Å². The number of rotatable bonds is 4. The molecule has 0 amide bonds. The maximum absolute atomic E-state index is 3.53. The fraction of sp³-hybridized carbons (Fsp3) is 0.538. The lowest BCUT2D eigenvalue weighted by Crippen LogP contribution is -2.30. The molecule has 0 unspecified atom stereocenters. The van der Waals surface area contributed by atoms with Crippen molar-refractivity contribution in [3.05, 3.63) is 33.8 Å². The molecule has 0 saturated heterocycles. The van der Waals surface area contributed by atoms with Gasteiger partial charge in [-0.1, -0.05) is 41.9 Å². The molecule has 84 valence electrons. The van der Waals surface area contributed by atoms with Crippen LogP contribution in [-0.2, 0) is 6.54 Å². The van der Waals surface area contributed by atoms with Crippen molar-refractivity contribution in [3.8, 4) is 0 Å². The average Bonchev–Trinajstić information content (AvgIpc) is 2.19. The standard InChI is InChI=1S/C13H20BrN/c1-9(2)11(4)15-8-12-5-6-13(14)10(3)7-12/h5-7,9,11,15H,8H2,1-4H3/t11-/m1/s1. The quantitative estimate of drug-likeness (QED) is 0.875. The molecule has 0 saturated carbocycles. The van der Waals surface area contributed by atoms with Gasteiger partial charge in [-0.15, -0.1) is 0 Å². The van der Waals surface area contributed by atoms with Gasteiger partial charge in [-0.05, 0) is 37.0 Å². The van der Waals surface area contributed by atoms with Crippen LogP contribution in [0.3, 0.4) is 0 Å². The smallest absolute Gasteiger partial charge is 0.0208 e. The van der Waals surface area contributed by atoms with Gasteiger partial charge >= 0.3 is 0 Å². The van der Waals surface area contributed by atoms with Crippen LogP contribution in [-0.4, -0.2) is 6.04 Å². The third kappa shape index (κ3) is 3.96. The number of benzene rings is 1. The van der Waals surface area contributed by atoms with Gasteiger partial charge in [-0.3, -0.25) is 0 Å². The van der Waals surface area contributed by atoms with Gasteiger partial charge in [0.25, 0.3) is 0 Å². The molecule has 0 heterocycles. The molecule has 2 heteroatoms. The van der Waals surface area contributed by atoms with E-state index in [4.69, 9.17) is 0 Å². The maximum atomic E-state index is 3.53. The third-order valence-electron chi connectivity index (χ3n) is 2.85. The second-order valence-corrected chi connectivity index (χ2v) is 5.35. The molecular weight excluding hydrogens is 250 g/mol. The molecule has 1 atom stereocenters. The van der Waals surface area contributed by atoms with Crippen molar-refractivity contribution in [1.82, 2.24) is 5.32 Å². The van der Waals surface area contributed by atoms with E-state index in [0.29, 0.717) is 12.0 Å². The summed E-state index contributed by atoms with van der Waals surface area (Å²) in [5.74, 6) is 0.682. The van der Waals surface area contributed by atoms with Gasteiger partial charge in [0.1, 0.15) is 0 Å². The molecule has 0 aliphatic heterocycles. The van der Waals surface area contributed by atoms with E-state index in [0.717, 1.165) is 6.54 Å². The van der Waals surface area contributed by atoms with Gasteiger partial charge in [0.05, 0.1) is 0 Å². The van der Waals surface area contributed by atoms with Crippen LogP contribution in [0.2, 0.25) is 0 Å². The number of aryl methyl sites for hydroxylation is 1. The molecule has 1 N–H and O–H groups in total. The second-order valence-electron chi connectivity index (χ2n) is 4.50. The molecule has 0 aliphatic carbocycles. The van der Waals surface area contributed by atoms with Crippen LogP contribution >= 0.6 is 15.9 Å². The first-order valence-electron chi connectivity index (χ1n) is 5.49. The Morgan fingerprint density at radius 2 is 1.93 bits per heavy atom. The SMILES string of the molecule is Cc1cc(CN[C@H](C)C(C)C)ccc1Br. The average molecular weight is 270 g/mol. The van der Waals surface area contributed by atoms with Crippen LogP contribution < -0.4 is 5.32 Å². The Morgan fingerprint density at radius 1 is 1.27 bits per heavy atom. The Kier molecular flexibility index (Phi) is 4.81. The van der Waals surface area contributed by atoms with Gasteiger partial charge in [0.15, 0.2) is 0 Å². The first kappa shape index (κ1) is 12.7. The van der Waals surface area contributed by atoms with E-state index in [-0.39, 0.29) is 0 Å². The van der Waals surface area contributed by atoms with E-state index in [2.05, 4.69) is 67.1 Å². The minimum Gasteiger partial charge on any atom is -0.310 e. The largest absolute Gasteiger partial charge is 0.310 e. The van der Waals surface area contributed by atoms with E-state index < -0.39 is 0 Å². The fourth-order valence-electron chi connectivity index (χ4n) is 1.33. The summed E-state index contributed by atoms with van der Waals surface area (Å²) in [5.41, 5.74) is 2.65. The van der Waals surface area contributed by atoms with Crippen LogP contribution in [0.5, 0.6) is 0 Å². The highest BCUT2D eigenvalue weighted by Gasteiger charge is 2.05.